The molecular formula is C20H28N4OS. The van der Waals surface area contributed by atoms with Gasteiger partial charge in [-0.25, -0.2) is 0 Å². The van der Waals surface area contributed by atoms with Gasteiger partial charge in [-0.15, -0.1) is 0 Å². The van der Waals surface area contributed by atoms with Crippen molar-refractivity contribution in [3.05, 3.63) is 35.9 Å². The second-order valence-corrected chi connectivity index (χ2v) is 6.93. The van der Waals surface area contributed by atoms with Crippen LogP contribution in [0.1, 0.15) is 39.2 Å². The fourth-order valence-corrected chi connectivity index (χ4v) is 3.56. The summed E-state index contributed by atoms with van der Waals surface area (Å²) in [5.74, 6) is 0.860. The molecule has 1 aromatic carbocycles. The molecule has 0 unspecified atom stereocenters. The van der Waals surface area contributed by atoms with E-state index in [9.17, 15) is 0 Å². The summed E-state index contributed by atoms with van der Waals surface area (Å²) >= 11 is 5.64. The number of nitrogens with one attached hydrogen (secondary N) is 1. The molecule has 140 valence electrons. The maximum atomic E-state index is 5.82. The lowest BCUT2D eigenvalue weighted by Gasteiger charge is -2.27. The molecule has 1 N–H and O–H groups in total. The van der Waals surface area contributed by atoms with E-state index in [-0.39, 0.29) is 0 Å². The minimum absolute atomic E-state index is 0.518. The van der Waals surface area contributed by atoms with Crippen LogP contribution in [0.15, 0.2) is 34.9 Å². The summed E-state index contributed by atoms with van der Waals surface area (Å²) in [5.41, 5.74) is 3.11. The van der Waals surface area contributed by atoms with Crippen LogP contribution in [0.4, 0.5) is 5.88 Å². The molecule has 26 heavy (non-hydrogen) atoms. The highest BCUT2D eigenvalue weighted by Crippen LogP contribution is 2.35. The van der Waals surface area contributed by atoms with Gasteiger partial charge in [0.2, 0.25) is 5.88 Å². The Labute approximate surface area is 161 Å². The summed E-state index contributed by atoms with van der Waals surface area (Å²) < 4.78 is 5.82. The lowest BCUT2D eigenvalue weighted by molar-refractivity contribution is 0.389. The molecule has 1 heterocycles. The van der Waals surface area contributed by atoms with Crippen LogP contribution in [-0.2, 0) is 6.54 Å². The van der Waals surface area contributed by atoms with E-state index in [0.717, 1.165) is 54.0 Å². The van der Waals surface area contributed by atoms with Crippen molar-refractivity contribution in [2.24, 2.45) is 0 Å². The molecule has 5 nitrogen and oxygen atoms in total. The number of hydrogen-bond acceptors (Lipinski definition) is 4. The monoisotopic (exact) mass is 372 g/mol. The van der Waals surface area contributed by atoms with Gasteiger partial charge < -0.3 is 19.6 Å². The van der Waals surface area contributed by atoms with Crippen LogP contribution >= 0.6 is 12.2 Å². The van der Waals surface area contributed by atoms with Gasteiger partial charge in [-0.2, -0.15) is 0 Å². The number of thiocarbonyl (C=S) groups is 1. The number of aromatic nitrogens is 1. The van der Waals surface area contributed by atoms with Gasteiger partial charge >= 0.3 is 0 Å². The predicted octanol–water partition coefficient (Wildman–Crippen LogP) is 4.05. The van der Waals surface area contributed by atoms with Crippen molar-refractivity contribution in [1.29, 1.82) is 0 Å². The summed E-state index contributed by atoms with van der Waals surface area (Å²) in [4.78, 5) is 4.51. The van der Waals surface area contributed by atoms with Crippen LogP contribution in [-0.4, -0.2) is 40.8 Å². The van der Waals surface area contributed by atoms with Crippen LogP contribution in [0.2, 0.25) is 0 Å². The quantitative estimate of drug-likeness (QED) is 0.706. The van der Waals surface area contributed by atoms with E-state index >= 15 is 0 Å². The molecule has 0 aliphatic heterocycles. The van der Waals surface area contributed by atoms with E-state index in [2.05, 4.69) is 53.2 Å². The molecule has 1 aliphatic carbocycles. The number of benzene rings is 1. The summed E-state index contributed by atoms with van der Waals surface area (Å²) in [6, 6.07) is 10.8. The predicted molar refractivity (Wildman–Crippen MR) is 110 cm³/mol. The zero-order chi connectivity index (χ0) is 18.5. The molecule has 0 atom stereocenters. The number of anilines is 1. The summed E-state index contributed by atoms with van der Waals surface area (Å²) in [5, 5.41) is 8.56. The zero-order valence-electron chi connectivity index (χ0n) is 15.9. The highest BCUT2D eigenvalue weighted by Gasteiger charge is 2.33. The molecule has 0 bridgehead atoms. The normalized spacial score (nSPS) is 13.5. The van der Waals surface area contributed by atoms with Crippen molar-refractivity contribution in [3.8, 4) is 11.3 Å². The van der Waals surface area contributed by atoms with Gasteiger partial charge in [-0.1, -0.05) is 35.5 Å². The fraction of sp³-hybridized carbons (Fsp3) is 0.500. The van der Waals surface area contributed by atoms with Crippen molar-refractivity contribution in [1.82, 2.24) is 15.4 Å². The molecule has 1 aromatic heterocycles. The van der Waals surface area contributed by atoms with Crippen molar-refractivity contribution in [3.63, 3.8) is 0 Å². The highest BCUT2D eigenvalue weighted by atomic mass is 32.1. The Morgan fingerprint density at radius 1 is 1.19 bits per heavy atom. The topological polar surface area (TPSA) is 44.5 Å². The van der Waals surface area contributed by atoms with Crippen LogP contribution in [0.25, 0.3) is 11.3 Å². The summed E-state index contributed by atoms with van der Waals surface area (Å²) in [7, 11) is 0. The van der Waals surface area contributed by atoms with E-state index in [1.165, 1.54) is 12.8 Å². The Morgan fingerprint density at radius 2 is 1.88 bits per heavy atom. The van der Waals surface area contributed by atoms with Gasteiger partial charge in [0.05, 0.1) is 12.1 Å². The molecule has 1 aliphatic rings. The van der Waals surface area contributed by atoms with Gasteiger partial charge in [-0.05, 0) is 45.8 Å². The third kappa shape index (κ3) is 4.01. The van der Waals surface area contributed by atoms with Crippen LogP contribution < -0.4 is 10.2 Å². The molecule has 0 amide bonds. The van der Waals surface area contributed by atoms with Gasteiger partial charge in [0.15, 0.2) is 5.11 Å². The minimum Gasteiger partial charge on any atom is -0.363 e. The maximum Gasteiger partial charge on any atom is 0.232 e. The van der Waals surface area contributed by atoms with E-state index in [1.807, 2.05) is 18.2 Å². The summed E-state index contributed by atoms with van der Waals surface area (Å²) in [6.07, 6.45) is 2.39. The van der Waals surface area contributed by atoms with Gasteiger partial charge in [0.1, 0.15) is 5.69 Å². The lowest BCUT2D eigenvalue weighted by Crippen LogP contribution is -2.41. The second kappa shape index (κ2) is 8.54. The Bertz CT molecular complexity index is 723. The minimum atomic E-state index is 0.518. The first-order chi connectivity index (χ1) is 12.7. The molecule has 1 fully saturated rings. The molecule has 0 saturated heterocycles. The first-order valence-corrected chi connectivity index (χ1v) is 9.93. The van der Waals surface area contributed by atoms with Gasteiger partial charge in [-0.3, -0.25) is 0 Å². The smallest absolute Gasteiger partial charge is 0.232 e. The van der Waals surface area contributed by atoms with Crippen LogP contribution in [0.5, 0.6) is 0 Å². The molecule has 6 heteroatoms. The first-order valence-electron chi connectivity index (χ1n) is 9.52. The van der Waals surface area contributed by atoms with E-state index < -0.39 is 0 Å². The number of rotatable bonds is 8. The van der Waals surface area contributed by atoms with E-state index in [4.69, 9.17) is 16.7 Å². The second-order valence-electron chi connectivity index (χ2n) is 6.55. The Balaban J connectivity index is 1.99. The third-order valence-electron chi connectivity index (χ3n) is 4.77. The standard InChI is InChI=1S/C20H28N4OS/c1-4-21-20(26)24(16-12-13-16)14-17-18(15-10-8-7-9-11-15)22-25-19(17)23(5-2)6-3/h7-11,16H,4-6,12-14H2,1-3H3,(H,21,26). The molecule has 2 aromatic rings. The zero-order valence-corrected chi connectivity index (χ0v) is 16.7. The third-order valence-corrected chi connectivity index (χ3v) is 5.15. The average molecular weight is 373 g/mol. The Kier molecular flexibility index (Phi) is 6.14. The molecule has 3 rings (SSSR count). The number of hydrogen-bond donors (Lipinski definition) is 1. The lowest BCUT2D eigenvalue weighted by atomic mass is 10.1. The molecule has 0 spiro atoms. The van der Waals surface area contributed by atoms with Crippen molar-refractivity contribution >= 4 is 23.2 Å². The summed E-state index contributed by atoms with van der Waals surface area (Å²) in [6.45, 7) is 9.67. The Hall–Kier alpha value is -2.08. The first kappa shape index (κ1) is 18.7. The SMILES string of the molecule is CCNC(=S)N(Cc1c(-c2ccccc2)noc1N(CC)CC)C1CC1. The van der Waals surface area contributed by atoms with Gasteiger partial charge in [0.25, 0.3) is 0 Å². The largest absolute Gasteiger partial charge is 0.363 e. The maximum absolute atomic E-state index is 5.82. The van der Waals surface area contributed by atoms with Crippen LogP contribution in [0.3, 0.4) is 0 Å². The molecule has 1 saturated carbocycles. The van der Waals surface area contributed by atoms with E-state index in [1.54, 1.807) is 0 Å². The van der Waals surface area contributed by atoms with Crippen molar-refractivity contribution in [2.75, 3.05) is 24.5 Å². The number of nitrogens with zero attached hydrogens (tertiary/aromatic N) is 3. The van der Waals surface area contributed by atoms with Gasteiger partial charge in [0, 0.05) is 31.2 Å². The average Bonchev–Trinajstić information content (AvgIpc) is 3.42. The van der Waals surface area contributed by atoms with Crippen molar-refractivity contribution in [2.45, 2.75) is 46.2 Å². The molecular weight excluding hydrogens is 344 g/mol. The highest BCUT2D eigenvalue weighted by molar-refractivity contribution is 7.80. The Morgan fingerprint density at radius 3 is 2.46 bits per heavy atom. The van der Waals surface area contributed by atoms with Crippen LogP contribution in [0, 0.1) is 0 Å². The van der Waals surface area contributed by atoms with Crippen molar-refractivity contribution < 1.29 is 4.52 Å². The molecule has 0 radical (unpaired) electrons. The van der Waals surface area contributed by atoms with E-state index in [0.29, 0.717) is 6.04 Å². The fourth-order valence-electron chi connectivity index (χ4n) is 3.20.